The van der Waals surface area contributed by atoms with Gasteiger partial charge in [-0.3, -0.25) is 0 Å². The molecule has 1 aromatic heterocycles. The molecule has 3 heteroatoms. The molecule has 0 aliphatic rings. The molecule has 2 rings (SSSR count). The highest BCUT2D eigenvalue weighted by molar-refractivity contribution is 9.10. The van der Waals surface area contributed by atoms with Crippen LogP contribution in [0.1, 0.15) is 16.0 Å². The fourth-order valence-corrected chi connectivity index (χ4v) is 2.80. The van der Waals surface area contributed by atoms with Gasteiger partial charge < -0.3 is 5.73 Å². The van der Waals surface area contributed by atoms with Crippen LogP contribution in [0.5, 0.6) is 0 Å². The predicted molar refractivity (Wildman–Crippen MR) is 69.2 cm³/mol. The van der Waals surface area contributed by atoms with Crippen molar-refractivity contribution in [2.24, 2.45) is 5.73 Å². The van der Waals surface area contributed by atoms with Gasteiger partial charge in [-0.1, -0.05) is 28.1 Å². The Bertz CT molecular complexity index is 450. The van der Waals surface area contributed by atoms with Crippen molar-refractivity contribution in [1.29, 1.82) is 0 Å². The van der Waals surface area contributed by atoms with Gasteiger partial charge in [0.2, 0.25) is 0 Å². The molecule has 0 aliphatic carbocycles. The molecule has 1 heterocycles. The molecule has 0 spiro atoms. The SMILES string of the molecule is NCc1sccc1Cc1cccc(Br)c1. The minimum Gasteiger partial charge on any atom is -0.326 e. The molecule has 0 radical (unpaired) electrons. The minimum absolute atomic E-state index is 0.640. The third-order valence-corrected chi connectivity index (χ3v) is 3.79. The topological polar surface area (TPSA) is 26.0 Å². The minimum atomic E-state index is 0.640. The maximum Gasteiger partial charge on any atom is 0.0276 e. The molecule has 0 fully saturated rings. The average molecular weight is 282 g/mol. The van der Waals surface area contributed by atoms with E-state index in [2.05, 4.69) is 45.6 Å². The normalized spacial score (nSPS) is 10.5. The first-order valence-electron chi connectivity index (χ1n) is 4.79. The van der Waals surface area contributed by atoms with Gasteiger partial charge in [-0.05, 0) is 41.1 Å². The van der Waals surface area contributed by atoms with Crippen LogP contribution in [-0.4, -0.2) is 0 Å². The molecule has 15 heavy (non-hydrogen) atoms. The Morgan fingerprint density at radius 3 is 2.87 bits per heavy atom. The summed E-state index contributed by atoms with van der Waals surface area (Å²) in [4.78, 5) is 1.29. The summed E-state index contributed by atoms with van der Waals surface area (Å²) in [7, 11) is 0. The standard InChI is InChI=1S/C12H12BrNS/c13-11-3-1-2-9(7-11)6-10-4-5-15-12(10)8-14/h1-5,7H,6,8,14H2. The van der Waals surface area contributed by atoms with Crippen LogP contribution < -0.4 is 5.73 Å². The Kier molecular flexibility index (Phi) is 3.57. The van der Waals surface area contributed by atoms with E-state index in [1.165, 1.54) is 16.0 Å². The molecule has 0 bridgehead atoms. The molecule has 0 aliphatic heterocycles. The number of benzene rings is 1. The third kappa shape index (κ3) is 2.68. The highest BCUT2D eigenvalue weighted by Gasteiger charge is 2.03. The summed E-state index contributed by atoms with van der Waals surface area (Å²) >= 11 is 5.22. The number of nitrogens with two attached hydrogens (primary N) is 1. The lowest BCUT2D eigenvalue weighted by Crippen LogP contribution is -1.97. The van der Waals surface area contributed by atoms with Crippen LogP contribution in [0.25, 0.3) is 0 Å². The molecule has 1 aromatic carbocycles. The van der Waals surface area contributed by atoms with E-state index < -0.39 is 0 Å². The monoisotopic (exact) mass is 281 g/mol. The average Bonchev–Trinajstić information content (AvgIpc) is 2.65. The summed E-state index contributed by atoms with van der Waals surface area (Å²) < 4.78 is 1.13. The molecule has 1 nitrogen and oxygen atoms in total. The maximum absolute atomic E-state index is 5.68. The second kappa shape index (κ2) is 4.92. The zero-order valence-corrected chi connectivity index (χ0v) is 10.6. The van der Waals surface area contributed by atoms with E-state index in [9.17, 15) is 0 Å². The van der Waals surface area contributed by atoms with Crippen molar-refractivity contribution in [3.63, 3.8) is 0 Å². The Labute approximate surface area is 102 Å². The third-order valence-electron chi connectivity index (χ3n) is 2.31. The summed E-state index contributed by atoms with van der Waals surface area (Å²) in [5.74, 6) is 0. The van der Waals surface area contributed by atoms with Crippen molar-refractivity contribution in [2.45, 2.75) is 13.0 Å². The molecular formula is C12H12BrNS. The Hall–Kier alpha value is -0.640. The molecule has 78 valence electrons. The largest absolute Gasteiger partial charge is 0.326 e. The van der Waals surface area contributed by atoms with Gasteiger partial charge in [0.25, 0.3) is 0 Å². The molecule has 0 atom stereocenters. The highest BCUT2D eigenvalue weighted by atomic mass is 79.9. The van der Waals surface area contributed by atoms with Crippen LogP contribution in [0.2, 0.25) is 0 Å². The van der Waals surface area contributed by atoms with Gasteiger partial charge in [0.1, 0.15) is 0 Å². The van der Waals surface area contributed by atoms with E-state index >= 15 is 0 Å². The molecule has 0 saturated heterocycles. The van der Waals surface area contributed by atoms with Crippen LogP contribution in [0.15, 0.2) is 40.2 Å². The van der Waals surface area contributed by atoms with Crippen LogP contribution in [-0.2, 0) is 13.0 Å². The van der Waals surface area contributed by atoms with E-state index in [1.807, 2.05) is 6.07 Å². The van der Waals surface area contributed by atoms with Gasteiger partial charge in [0.15, 0.2) is 0 Å². The van der Waals surface area contributed by atoms with Crippen LogP contribution in [0, 0.1) is 0 Å². The summed E-state index contributed by atoms with van der Waals surface area (Å²) in [5.41, 5.74) is 8.34. The van der Waals surface area contributed by atoms with Crippen LogP contribution in [0.3, 0.4) is 0 Å². The van der Waals surface area contributed by atoms with Crippen molar-refractivity contribution in [2.75, 3.05) is 0 Å². The van der Waals surface area contributed by atoms with E-state index in [1.54, 1.807) is 11.3 Å². The molecule has 2 N–H and O–H groups in total. The smallest absolute Gasteiger partial charge is 0.0276 e. The van der Waals surface area contributed by atoms with Crippen molar-refractivity contribution in [3.8, 4) is 0 Å². The summed E-state index contributed by atoms with van der Waals surface area (Å²) in [6.07, 6.45) is 0.968. The van der Waals surface area contributed by atoms with E-state index in [0.717, 1.165) is 10.9 Å². The zero-order valence-electron chi connectivity index (χ0n) is 8.24. The molecule has 0 saturated carbocycles. The number of thiophene rings is 1. The predicted octanol–water partition coefficient (Wildman–Crippen LogP) is 3.56. The quantitative estimate of drug-likeness (QED) is 0.915. The summed E-state index contributed by atoms with van der Waals surface area (Å²) in [6, 6.07) is 10.6. The number of halogens is 1. The molecule has 2 aromatic rings. The van der Waals surface area contributed by atoms with Gasteiger partial charge in [0, 0.05) is 15.9 Å². The fourth-order valence-electron chi connectivity index (χ4n) is 1.57. The van der Waals surface area contributed by atoms with Gasteiger partial charge in [-0.15, -0.1) is 11.3 Å². The number of hydrogen-bond donors (Lipinski definition) is 1. The van der Waals surface area contributed by atoms with Crippen LogP contribution >= 0.6 is 27.3 Å². The number of hydrogen-bond acceptors (Lipinski definition) is 2. The lowest BCUT2D eigenvalue weighted by Gasteiger charge is -2.02. The van der Waals surface area contributed by atoms with E-state index in [-0.39, 0.29) is 0 Å². The van der Waals surface area contributed by atoms with Crippen LogP contribution in [0.4, 0.5) is 0 Å². The maximum atomic E-state index is 5.68. The zero-order chi connectivity index (χ0) is 10.7. The van der Waals surface area contributed by atoms with Gasteiger partial charge in [0.05, 0.1) is 0 Å². The second-order valence-corrected chi connectivity index (χ2v) is 5.30. The first-order valence-corrected chi connectivity index (χ1v) is 6.46. The van der Waals surface area contributed by atoms with Crippen molar-refractivity contribution >= 4 is 27.3 Å². The summed E-state index contributed by atoms with van der Waals surface area (Å²) in [5, 5.41) is 2.11. The van der Waals surface area contributed by atoms with E-state index in [0.29, 0.717) is 6.54 Å². The van der Waals surface area contributed by atoms with Crippen molar-refractivity contribution in [1.82, 2.24) is 0 Å². The highest BCUT2D eigenvalue weighted by Crippen LogP contribution is 2.21. The molecule has 0 unspecified atom stereocenters. The van der Waals surface area contributed by atoms with Gasteiger partial charge in [-0.2, -0.15) is 0 Å². The molecular weight excluding hydrogens is 270 g/mol. The van der Waals surface area contributed by atoms with E-state index in [4.69, 9.17) is 5.73 Å². The lowest BCUT2D eigenvalue weighted by molar-refractivity contribution is 1.06. The van der Waals surface area contributed by atoms with Crippen molar-refractivity contribution < 1.29 is 0 Å². The Balaban J connectivity index is 2.22. The fraction of sp³-hybridized carbons (Fsp3) is 0.167. The van der Waals surface area contributed by atoms with Gasteiger partial charge in [-0.25, -0.2) is 0 Å². The first-order chi connectivity index (χ1) is 7.29. The first kappa shape index (κ1) is 10.9. The van der Waals surface area contributed by atoms with Crippen molar-refractivity contribution in [3.05, 3.63) is 56.2 Å². The summed E-state index contributed by atoms with van der Waals surface area (Å²) in [6.45, 7) is 0.640. The Morgan fingerprint density at radius 1 is 1.27 bits per heavy atom. The lowest BCUT2D eigenvalue weighted by atomic mass is 10.1. The molecule has 0 amide bonds. The second-order valence-electron chi connectivity index (χ2n) is 3.38. The van der Waals surface area contributed by atoms with Gasteiger partial charge >= 0.3 is 0 Å². The number of rotatable bonds is 3. The Morgan fingerprint density at radius 2 is 2.13 bits per heavy atom.